The van der Waals surface area contributed by atoms with Crippen molar-refractivity contribution in [3.63, 3.8) is 0 Å². The van der Waals surface area contributed by atoms with Crippen LogP contribution in [0.3, 0.4) is 0 Å². The molecule has 3 fully saturated rings. The van der Waals surface area contributed by atoms with Crippen LogP contribution in [-0.4, -0.2) is 35.8 Å². The first-order chi connectivity index (χ1) is 6.66. The lowest BCUT2D eigenvalue weighted by molar-refractivity contribution is -0.150. The lowest BCUT2D eigenvalue weighted by Crippen LogP contribution is -2.49. The Labute approximate surface area is 83.1 Å². The minimum Gasteiger partial charge on any atom is -0.469 e. The van der Waals surface area contributed by atoms with E-state index in [2.05, 4.69) is 12.0 Å². The van der Waals surface area contributed by atoms with E-state index in [4.69, 9.17) is 9.57 Å². The van der Waals surface area contributed by atoms with Gasteiger partial charge in [-0.15, -0.1) is 0 Å². The van der Waals surface area contributed by atoms with E-state index in [1.807, 2.05) is 0 Å². The molecular weight excluding hydrogens is 182 g/mol. The van der Waals surface area contributed by atoms with E-state index < -0.39 is 0 Å². The van der Waals surface area contributed by atoms with Crippen LogP contribution in [0.5, 0.6) is 0 Å². The molecule has 0 aromatic carbocycles. The molecule has 0 aromatic heterocycles. The summed E-state index contributed by atoms with van der Waals surface area (Å²) >= 11 is 0. The van der Waals surface area contributed by atoms with Crippen molar-refractivity contribution < 1.29 is 14.4 Å². The quantitative estimate of drug-likeness (QED) is 0.580. The molecule has 3 saturated heterocycles. The van der Waals surface area contributed by atoms with E-state index in [1.54, 1.807) is 0 Å². The summed E-state index contributed by atoms with van der Waals surface area (Å²) in [6, 6.07) is 0.547. The number of hydrogen-bond acceptors (Lipinski definition) is 4. The Balaban J connectivity index is 1.97. The summed E-state index contributed by atoms with van der Waals surface area (Å²) in [5.41, 5.74) is -0.0966. The van der Waals surface area contributed by atoms with Crippen molar-refractivity contribution in [2.24, 2.45) is 5.92 Å². The van der Waals surface area contributed by atoms with Crippen LogP contribution in [0.4, 0.5) is 0 Å². The second-order valence-corrected chi connectivity index (χ2v) is 4.76. The highest BCUT2D eigenvalue weighted by atomic mass is 16.7. The zero-order chi connectivity index (χ0) is 9.92. The summed E-state index contributed by atoms with van der Waals surface area (Å²) in [6.45, 7) is 2.12. The molecule has 78 valence electrons. The summed E-state index contributed by atoms with van der Waals surface area (Å²) in [6.07, 6.45) is 3.27. The van der Waals surface area contributed by atoms with Gasteiger partial charge in [0.05, 0.1) is 18.8 Å². The summed E-state index contributed by atoms with van der Waals surface area (Å²) in [5, 5.41) is 2.05. The molecule has 4 nitrogen and oxygen atoms in total. The number of nitrogens with zero attached hydrogens (tertiary/aromatic N) is 1. The summed E-state index contributed by atoms with van der Waals surface area (Å²) in [5.74, 6) is -0.188. The van der Waals surface area contributed by atoms with Gasteiger partial charge in [-0.25, -0.2) is 0 Å². The third-order valence-electron chi connectivity index (χ3n) is 4.07. The maximum atomic E-state index is 11.7. The maximum absolute atomic E-state index is 11.7. The third-order valence-corrected chi connectivity index (χ3v) is 4.07. The molecule has 3 heterocycles. The van der Waals surface area contributed by atoms with E-state index in [1.165, 1.54) is 7.11 Å². The Morgan fingerprint density at radius 1 is 1.64 bits per heavy atom. The van der Waals surface area contributed by atoms with Crippen molar-refractivity contribution in [2.45, 2.75) is 43.9 Å². The van der Waals surface area contributed by atoms with E-state index in [9.17, 15) is 4.79 Å². The van der Waals surface area contributed by atoms with Crippen LogP contribution in [0.15, 0.2) is 0 Å². The Morgan fingerprint density at radius 2 is 2.43 bits per heavy atom. The number of hydroxylamine groups is 2. The fraction of sp³-hybridized carbons (Fsp3) is 0.900. The fourth-order valence-corrected chi connectivity index (χ4v) is 3.40. The molecule has 0 N–H and O–H groups in total. The molecule has 4 atom stereocenters. The van der Waals surface area contributed by atoms with Crippen LogP contribution >= 0.6 is 0 Å². The first-order valence-electron chi connectivity index (χ1n) is 5.21. The summed E-state index contributed by atoms with van der Waals surface area (Å²) in [4.78, 5) is 17.4. The minimum absolute atomic E-state index is 0.0694. The second kappa shape index (κ2) is 2.49. The molecule has 0 radical (unpaired) electrons. The van der Waals surface area contributed by atoms with Gasteiger partial charge in [-0.05, 0) is 26.2 Å². The van der Waals surface area contributed by atoms with Crippen LogP contribution in [-0.2, 0) is 14.4 Å². The monoisotopic (exact) mass is 197 g/mol. The van der Waals surface area contributed by atoms with Crippen molar-refractivity contribution in [1.29, 1.82) is 0 Å². The average Bonchev–Trinajstić information content (AvgIpc) is 2.72. The number of rotatable bonds is 1. The van der Waals surface area contributed by atoms with Crippen LogP contribution in [0.25, 0.3) is 0 Å². The second-order valence-electron chi connectivity index (χ2n) is 4.76. The van der Waals surface area contributed by atoms with Gasteiger partial charge in [0.2, 0.25) is 0 Å². The van der Waals surface area contributed by atoms with Crippen LogP contribution in [0.1, 0.15) is 26.2 Å². The predicted molar refractivity (Wildman–Crippen MR) is 48.3 cm³/mol. The number of methoxy groups -OCH3 is 1. The van der Waals surface area contributed by atoms with E-state index in [0.29, 0.717) is 6.04 Å². The Bertz CT molecular complexity index is 293. The van der Waals surface area contributed by atoms with E-state index >= 15 is 0 Å². The number of carbonyl (C=O) groups is 1. The van der Waals surface area contributed by atoms with Gasteiger partial charge in [0.25, 0.3) is 0 Å². The number of esters is 1. The molecule has 3 rings (SSSR count). The standard InChI is InChI=1S/C10H15NO3/c1-10-4-3-6-5-7(14-11(6)10)8(10)9(12)13-2/h6-8H,3-5H2,1-2H3/t6-,7-,8+,10+/m0/s1. The Morgan fingerprint density at radius 3 is 3.14 bits per heavy atom. The lowest BCUT2D eigenvalue weighted by Gasteiger charge is -2.33. The molecule has 0 unspecified atom stereocenters. The van der Waals surface area contributed by atoms with Gasteiger partial charge in [-0.3, -0.25) is 9.63 Å². The van der Waals surface area contributed by atoms with E-state index in [0.717, 1.165) is 19.3 Å². The Kier molecular flexibility index (Phi) is 1.55. The number of ether oxygens (including phenoxy) is 1. The molecule has 0 saturated carbocycles. The molecule has 3 aliphatic heterocycles. The van der Waals surface area contributed by atoms with Crippen LogP contribution in [0, 0.1) is 5.92 Å². The molecular formula is C10H15NO3. The smallest absolute Gasteiger partial charge is 0.313 e. The van der Waals surface area contributed by atoms with Gasteiger partial charge < -0.3 is 4.74 Å². The minimum atomic E-state index is -0.111. The molecule has 2 bridgehead atoms. The van der Waals surface area contributed by atoms with Gasteiger partial charge in [0.1, 0.15) is 5.92 Å². The SMILES string of the molecule is COC(=O)[C@H]1[C@@H]2C[C@@H]3CC[C@@]1(C)N3O2. The van der Waals surface area contributed by atoms with Gasteiger partial charge >= 0.3 is 5.97 Å². The highest BCUT2D eigenvalue weighted by Gasteiger charge is 2.66. The van der Waals surface area contributed by atoms with Crippen molar-refractivity contribution in [3.8, 4) is 0 Å². The highest BCUT2D eigenvalue weighted by molar-refractivity contribution is 5.75. The van der Waals surface area contributed by atoms with E-state index in [-0.39, 0.29) is 23.5 Å². The van der Waals surface area contributed by atoms with Gasteiger partial charge in [-0.1, -0.05) is 0 Å². The van der Waals surface area contributed by atoms with Crippen molar-refractivity contribution in [3.05, 3.63) is 0 Å². The molecule has 0 spiro atoms. The Hall–Kier alpha value is -0.610. The molecule has 0 amide bonds. The molecule has 0 aromatic rings. The zero-order valence-electron chi connectivity index (χ0n) is 8.53. The largest absolute Gasteiger partial charge is 0.469 e. The highest BCUT2D eigenvalue weighted by Crippen LogP contribution is 2.55. The van der Waals surface area contributed by atoms with Gasteiger partial charge in [0.15, 0.2) is 0 Å². The first kappa shape index (κ1) is 8.68. The van der Waals surface area contributed by atoms with Crippen LogP contribution in [0.2, 0.25) is 0 Å². The number of carbonyl (C=O) groups excluding carboxylic acids is 1. The number of piperidine rings is 1. The fourth-order valence-electron chi connectivity index (χ4n) is 3.40. The average molecular weight is 197 g/mol. The number of hydrogen-bond donors (Lipinski definition) is 0. The maximum Gasteiger partial charge on any atom is 0.313 e. The normalized spacial score (nSPS) is 50.0. The van der Waals surface area contributed by atoms with Crippen LogP contribution < -0.4 is 0 Å². The van der Waals surface area contributed by atoms with Gasteiger partial charge in [0, 0.05) is 6.04 Å². The first-order valence-corrected chi connectivity index (χ1v) is 5.21. The topological polar surface area (TPSA) is 38.8 Å². The third kappa shape index (κ3) is 0.792. The molecule has 14 heavy (non-hydrogen) atoms. The molecule has 3 aliphatic rings. The van der Waals surface area contributed by atoms with Gasteiger partial charge in [-0.2, -0.15) is 5.06 Å². The molecule has 4 heteroatoms. The van der Waals surface area contributed by atoms with Crippen molar-refractivity contribution in [2.75, 3.05) is 7.11 Å². The summed E-state index contributed by atoms with van der Waals surface area (Å²) < 4.78 is 4.86. The van der Waals surface area contributed by atoms with Crippen molar-refractivity contribution in [1.82, 2.24) is 5.06 Å². The predicted octanol–water partition coefficient (Wildman–Crippen LogP) is 0.716. The number of fused-ring (bicyclic) bond motifs is 1. The lowest BCUT2D eigenvalue weighted by atomic mass is 9.80. The summed E-state index contributed by atoms with van der Waals surface area (Å²) in [7, 11) is 1.46. The molecule has 0 aliphatic carbocycles. The van der Waals surface area contributed by atoms with Crippen molar-refractivity contribution >= 4 is 5.97 Å². The zero-order valence-corrected chi connectivity index (χ0v) is 8.53.